The Morgan fingerprint density at radius 1 is 0.857 bits per heavy atom. The van der Waals surface area contributed by atoms with Gasteiger partial charge in [-0.05, 0) is 41.6 Å². The molecule has 1 aromatic heterocycles. The number of hydrogen-bond donors (Lipinski definition) is 0. The van der Waals surface area contributed by atoms with Gasteiger partial charge in [-0.1, -0.05) is 66.4 Å². The summed E-state index contributed by atoms with van der Waals surface area (Å²) in [6.07, 6.45) is 2.07. The monoisotopic (exact) mass is 404 g/mol. The van der Waals surface area contributed by atoms with Gasteiger partial charge in [-0.2, -0.15) is 0 Å². The molecule has 0 aliphatic carbocycles. The molecule has 0 N–H and O–H groups in total. The molecule has 0 fully saturated rings. The van der Waals surface area contributed by atoms with Gasteiger partial charge < -0.3 is 0 Å². The van der Waals surface area contributed by atoms with Gasteiger partial charge in [0.25, 0.3) is 5.56 Å². The predicted molar refractivity (Wildman–Crippen MR) is 119 cm³/mol. The second-order valence-electron chi connectivity index (χ2n) is 6.43. The normalized spacial score (nSPS) is 11.0. The molecule has 28 heavy (non-hydrogen) atoms. The second kappa shape index (κ2) is 8.67. The Bertz CT molecular complexity index is 1140. The van der Waals surface area contributed by atoms with E-state index in [1.165, 1.54) is 10.5 Å². The molecule has 5 heteroatoms. The van der Waals surface area contributed by atoms with Gasteiger partial charge in [0.05, 0.1) is 17.4 Å². The highest BCUT2D eigenvalue weighted by Crippen LogP contribution is 2.24. The van der Waals surface area contributed by atoms with Crippen molar-refractivity contribution in [3.05, 3.63) is 100 Å². The maximum absolute atomic E-state index is 13.2. The van der Waals surface area contributed by atoms with Crippen LogP contribution in [0.25, 0.3) is 10.9 Å². The smallest absolute Gasteiger partial charge is 0.262 e. The number of rotatable bonds is 6. The summed E-state index contributed by atoms with van der Waals surface area (Å²) in [5.41, 5.74) is 3.07. The first-order valence-corrected chi connectivity index (χ1v) is 11.2. The third-order valence-corrected chi connectivity index (χ3v) is 6.33. The summed E-state index contributed by atoms with van der Waals surface area (Å²) >= 11 is 3.34. The summed E-state index contributed by atoms with van der Waals surface area (Å²) in [7, 11) is 0. The first kappa shape index (κ1) is 18.8. The van der Waals surface area contributed by atoms with Crippen molar-refractivity contribution in [1.82, 2.24) is 9.55 Å². The molecule has 0 spiro atoms. The second-order valence-corrected chi connectivity index (χ2v) is 8.25. The van der Waals surface area contributed by atoms with Crippen LogP contribution in [0.3, 0.4) is 0 Å². The van der Waals surface area contributed by atoms with Crippen LogP contribution in [0.4, 0.5) is 0 Å². The van der Waals surface area contributed by atoms with E-state index in [4.69, 9.17) is 4.98 Å². The molecule has 0 aliphatic rings. The summed E-state index contributed by atoms with van der Waals surface area (Å²) < 4.78 is 1.79. The fourth-order valence-corrected chi connectivity index (χ4v) is 4.40. The molecule has 0 saturated heterocycles. The largest absolute Gasteiger partial charge is 0.283 e. The molecular weight excluding hydrogens is 384 g/mol. The number of hydrogen-bond acceptors (Lipinski definition) is 4. The molecule has 3 aromatic carbocycles. The highest BCUT2D eigenvalue weighted by Gasteiger charge is 2.12. The molecule has 4 rings (SSSR count). The number of fused-ring (bicyclic) bond motifs is 1. The molecule has 0 saturated carbocycles. The van der Waals surface area contributed by atoms with E-state index >= 15 is 0 Å². The van der Waals surface area contributed by atoms with Crippen LogP contribution in [0, 0.1) is 0 Å². The summed E-state index contributed by atoms with van der Waals surface area (Å²) in [6, 6.07) is 26.2. The third-order valence-electron chi connectivity index (χ3n) is 4.54. The number of para-hydroxylation sites is 1. The van der Waals surface area contributed by atoms with Crippen molar-refractivity contribution in [3.8, 4) is 0 Å². The Hall–Kier alpha value is -2.50. The average Bonchev–Trinajstić information content (AvgIpc) is 2.75. The van der Waals surface area contributed by atoms with E-state index in [0.717, 1.165) is 22.0 Å². The van der Waals surface area contributed by atoms with E-state index in [-0.39, 0.29) is 5.56 Å². The zero-order valence-corrected chi connectivity index (χ0v) is 17.2. The third kappa shape index (κ3) is 4.16. The van der Waals surface area contributed by atoms with Crippen molar-refractivity contribution >= 4 is 34.4 Å². The summed E-state index contributed by atoms with van der Waals surface area (Å²) in [6.45, 7) is 0.519. The van der Waals surface area contributed by atoms with E-state index in [9.17, 15) is 4.79 Å². The van der Waals surface area contributed by atoms with Crippen LogP contribution in [-0.2, 0) is 12.3 Å². The lowest BCUT2D eigenvalue weighted by Crippen LogP contribution is -2.24. The molecule has 0 radical (unpaired) electrons. The molecule has 1 heterocycles. The van der Waals surface area contributed by atoms with Crippen LogP contribution in [0.5, 0.6) is 0 Å². The molecule has 4 aromatic rings. The minimum Gasteiger partial charge on any atom is -0.283 e. The quantitative estimate of drug-likeness (QED) is 0.316. The minimum absolute atomic E-state index is 0.00897. The maximum atomic E-state index is 13.2. The van der Waals surface area contributed by atoms with E-state index in [2.05, 4.69) is 30.5 Å². The van der Waals surface area contributed by atoms with Gasteiger partial charge in [0.15, 0.2) is 5.16 Å². The van der Waals surface area contributed by atoms with E-state index in [1.807, 2.05) is 54.6 Å². The van der Waals surface area contributed by atoms with Crippen LogP contribution in [0.1, 0.15) is 11.1 Å². The Morgan fingerprint density at radius 2 is 1.57 bits per heavy atom. The van der Waals surface area contributed by atoms with Crippen LogP contribution in [-0.4, -0.2) is 15.8 Å². The van der Waals surface area contributed by atoms with Crippen LogP contribution in [0.2, 0.25) is 0 Å². The van der Waals surface area contributed by atoms with Crippen LogP contribution < -0.4 is 5.56 Å². The minimum atomic E-state index is 0.00897. The van der Waals surface area contributed by atoms with Crippen molar-refractivity contribution < 1.29 is 0 Å². The number of nitrogens with zero attached hydrogens (tertiary/aromatic N) is 2. The topological polar surface area (TPSA) is 34.9 Å². The maximum Gasteiger partial charge on any atom is 0.262 e. The van der Waals surface area contributed by atoms with Crippen molar-refractivity contribution in [3.63, 3.8) is 0 Å². The SMILES string of the molecule is CSc1ccc(CSc2nc3ccccc3c(=O)n2Cc2ccccc2)cc1. The van der Waals surface area contributed by atoms with Gasteiger partial charge in [0, 0.05) is 10.6 Å². The first-order chi connectivity index (χ1) is 13.7. The van der Waals surface area contributed by atoms with Crippen molar-refractivity contribution in [1.29, 1.82) is 0 Å². The van der Waals surface area contributed by atoms with Crippen LogP contribution in [0.15, 0.2) is 93.7 Å². The summed E-state index contributed by atoms with van der Waals surface area (Å²) in [5, 5.41) is 1.41. The van der Waals surface area contributed by atoms with Gasteiger partial charge in [-0.15, -0.1) is 11.8 Å². The number of aromatic nitrogens is 2. The Morgan fingerprint density at radius 3 is 2.32 bits per heavy atom. The Kier molecular flexibility index (Phi) is 5.84. The number of thioether (sulfide) groups is 2. The average molecular weight is 405 g/mol. The fraction of sp³-hybridized carbons (Fsp3) is 0.130. The van der Waals surface area contributed by atoms with Crippen molar-refractivity contribution in [2.45, 2.75) is 22.3 Å². The number of benzene rings is 3. The lowest BCUT2D eigenvalue weighted by Gasteiger charge is -2.13. The molecule has 0 unspecified atom stereocenters. The highest BCUT2D eigenvalue weighted by molar-refractivity contribution is 7.98. The fourth-order valence-electron chi connectivity index (χ4n) is 3.03. The standard InChI is InChI=1S/C23H20N2OS2/c1-27-19-13-11-18(12-14-19)16-28-23-24-21-10-6-5-9-20(21)22(26)25(23)15-17-7-3-2-4-8-17/h2-14H,15-16H2,1H3. The van der Waals surface area contributed by atoms with Crippen molar-refractivity contribution in [2.24, 2.45) is 0 Å². The molecule has 3 nitrogen and oxygen atoms in total. The zero-order chi connectivity index (χ0) is 19.3. The van der Waals surface area contributed by atoms with E-state index < -0.39 is 0 Å². The molecule has 0 aliphatic heterocycles. The van der Waals surface area contributed by atoms with Gasteiger partial charge in [-0.3, -0.25) is 9.36 Å². The van der Waals surface area contributed by atoms with Gasteiger partial charge >= 0.3 is 0 Å². The predicted octanol–water partition coefficient (Wildman–Crippen LogP) is 5.46. The molecular formula is C23H20N2OS2. The first-order valence-electron chi connectivity index (χ1n) is 9.04. The molecule has 0 bridgehead atoms. The van der Waals surface area contributed by atoms with Crippen LogP contribution >= 0.6 is 23.5 Å². The zero-order valence-electron chi connectivity index (χ0n) is 15.5. The Labute approximate surface area is 172 Å². The summed E-state index contributed by atoms with van der Waals surface area (Å²) in [4.78, 5) is 19.2. The van der Waals surface area contributed by atoms with E-state index in [1.54, 1.807) is 28.1 Å². The highest BCUT2D eigenvalue weighted by atomic mass is 32.2. The summed E-state index contributed by atoms with van der Waals surface area (Å²) in [5.74, 6) is 0.772. The van der Waals surface area contributed by atoms with Gasteiger partial charge in [-0.25, -0.2) is 4.98 Å². The Balaban J connectivity index is 1.70. The van der Waals surface area contributed by atoms with Gasteiger partial charge in [0.2, 0.25) is 0 Å². The lowest BCUT2D eigenvalue weighted by molar-refractivity contribution is 0.658. The molecule has 0 atom stereocenters. The molecule has 0 amide bonds. The molecule has 140 valence electrons. The van der Waals surface area contributed by atoms with Crippen molar-refractivity contribution in [2.75, 3.05) is 6.26 Å². The lowest BCUT2D eigenvalue weighted by atomic mass is 10.2. The van der Waals surface area contributed by atoms with E-state index in [0.29, 0.717) is 11.9 Å². The van der Waals surface area contributed by atoms with Gasteiger partial charge in [0.1, 0.15) is 0 Å².